The molecule has 12 heteroatoms. The van der Waals surface area contributed by atoms with Crippen molar-refractivity contribution in [1.29, 1.82) is 0 Å². The maximum absolute atomic E-state index is 13.7. The van der Waals surface area contributed by atoms with E-state index in [9.17, 15) is 34.5 Å². The Hall–Kier alpha value is -4.55. The number of phenolic OH excluding ortho intramolecular Hbond substituents is 2. The van der Waals surface area contributed by atoms with Crippen molar-refractivity contribution in [2.45, 2.75) is 49.9 Å². The zero-order chi connectivity index (χ0) is 32.1. The van der Waals surface area contributed by atoms with E-state index in [4.69, 9.17) is 5.73 Å². The Morgan fingerprint density at radius 1 is 0.659 bits per heavy atom. The first kappa shape index (κ1) is 33.9. The lowest BCUT2D eigenvalue weighted by atomic mass is 10.0. The fraction of sp³-hybridized carbons (Fsp3) is 0.312. The van der Waals surface area contributed by atoms with Crippen LogP contribution in [0.4, 0.5) is 0 Å². The molecule has 0 saturated heterocycles. The Kier molecular flexibility index (Phi) is 13.1. The van der Waals surface area contributed by atoms with Crippen LogP contribution in [0.3, 0.4) is 0 Å². The Morgan fingerprint density at radius 2 is 1.09 bits per heavy atom. The monoisotopic (exact) mass is 622 g/mol. The first-order valence-corrected chi connectivity index (χ1v) is 15.4. The van der Waals surface area contributed by atoms with E-state index in [2.05, 4.69) is 16.0 Å². The number of nitrogens with one attached hydrogen (secondary N) is 3. The summed E-state index contributed by atoms with van der Waals surface area (Å²) in [5.41, 5.74) is 8.25. The van der Waals surface area contributed by atoms with Crippen molar-refractivity contribution in [3.05, 3.63) is 95.6 Å². The van der Waals surface area contributed by atoms with Gasteiger partial charge in [-0.05, 0) is 65.8 Å². The lowest BCUT2D eigenvalue weighted by molar-refractivity contribution is -0.142. The number of aromatic hydroxyl groups is 2. The number of nitrogens with two attached hydrogens (primary N) is 1. The number of thioether (sulfide) groups is 1. The number of amides is 3. The molecule has 3 aromatic carbocycles. The number of benzene rings is 3. The minimum absolute atomic E-state index is 0.0138. The highest BCUT2D eigenvalue weighted by molar-refractivity contribution is 7.98. The third-order valence-electron chi connectivity index (χ3n) is 6.88. The Labute approximate surface area is 260 Å². The van der Waals surface area contributed by atoms with E-state index in [1.54, 1.807) is 24.3 Å². The largest absolute Gasteiger partial charge is 0.508 e. The number of carboxylic acid groups (broad SMARTS) is 1. The summed E-state index contributed by atoms with van der Waals surface area (Å²) < 4.78 is 0. The number of aliphatic carboxylic acids is 1. The van der Waals surface area contributed by atoms with Crippen LogP contribution >= 0.6 is 11.8 Å². The average molecular weight is 623 g/mol. The number of phenols is 2. The van der Waals surface area contributed by atoms with Crippen LogP contribution < -0.4 is 21.7 Å². The van der Waals surface area contributed by atoms with Gasteiger partial charge >= 0.3 is 5.97 Å². The molecule has 0 aliphatic carbocycles. The molecule has 3 rings (SSSR count). The Bertz CT molecular complexity index is 1390. The van der Waals surface area contributed by atoms with Crippen molar-refractivity contribution >= 4 is 35.5 Å². The fourth-order valence-electron chi connectivity index (χ4n) is 4.43. The predicted molar refractivity (Wildman–Crippen MR) is 168 cm³/mol. The predicted octanol–water partition coefficient (Wildman–Crippen LogP) is 1.75. The normalized spacial score (nSPS) is 13.6. The number of hydrogen-bond donors (Lipinski definition) is 7. The van der Waals surface area contributed by atoms with Crippen LogP contribution in [0.25, 0.3) is 0 Å². The molecule has 8 N–H and O–H groups in total. The summed E-state index contributed by atoms with van der Waals surface area (Å²) in [5, 5.41) is 36.9. The van der Waals surface area contributed by atoms with E-state index < -0.39 is 47.9 Å². The average Bonchev–Trinajstić information content (AvgIpc) is 3.00. The number of carboxylic acids is 1. The molecule has 0 aliphatic rings. The minimum atomic E-state index is -1.21. The van der Waals surface area contributed by atoms with Gasteiger partial charge in [0.15, 0.2) is 0 Å². The lowest BCUT2D eigenvalue weighted by Crippen LogP contribution is -2.58. The van der Waals surface area contributed by atoms with Crippen LogP contribution in [0.5, 0.6) is 11.5 Å². The molecule has 0 radical (unpaired) electrons. The topological polar surface area (TPSA) is 191 Å². The zero-order valence-electron chi connectivity index (χ0n) is 24.3. The molecule has 0 saturated carbocycles. The number of carbonyl (C=O) groups is 4. The van der Waals surface area contributed by atoms with Crippen LogP contribution in [-0.2, 0) is 38.4 Å². The SMILES string of the molecule is CSCCC(NC(=O)C(Cc1ccc(O)cc1)NC(=O)C(Cc1ccc(O)cc1)NC(=O)C(N)Cc1ccccc1)C(=O)O. The summed E-state index contributed by atoms with van der Waals surface area (Å²) in [6.45, 7) is 0. The van der Waals surface area contributed by atoms with E-state index in [0.29, 0.717) is 16.9 Å². The summed E-state index contributed by atoms with van der Waals surface area (Å²) in [5.74, 6) is -2.63. The van der Waals surface area contributed by atoms with E-state index in [-0.39, 0.29) is 37.2 Å². The quantitative estimate of drug-likeness (QED) is 0.125. The maximum Gasteiger partial charge on any atom is 0.326 e. The summed E-state index contributed by atoms with van der Waals surface area (Å²) in [7, 11) is 0. The molecule has 0 heterocycles. The molecule has 234 valence electrons. The van der Waals surface area contributed by atoms with E-state index >= 15 is 0 Å². The van der Waals surface area contributed by atoms with Gasteiger partial charge < -0.3 is 37.0 Å². The van der Waals surface area contributed by atoms with Gasteiger partial charge in [-0.2, -0.15) is 11.8 Å². The van der Waals surface area contributed by atoms with Crippen LogP contribution in [0.2, 0.25) is 0 Å². The van der Waals surface area contributed by atoms with E-state index in [1.807, 2.05) is 36.6 Å². The smallest absolute Gasteiger partial charge is 0.326 e. The van der Waals surface area contributed by atoms with Gasteiger partial charge in [0.1, 0.15) is 29.6 Å². The van der Waals surface area contributed by atoms with Crippen molar-refractivity contribution in [3.63, 3.8) is 0 Å². The standard InChI is InChI=1S/C32H38N4O7S/c1-44-16-15-26(32(42)43)34-30(40)28(19-22-9-13-24(38)14-10-22)36-31(41)27(18-21-7-11-23(37)12-8-21)35-29(39)25(33)17-20-5-3-2-4-6-20/h2-14,25-28,37-38H,15-19,33H2,1H3,(H,34,40)(H,35,39)(H,36,41)(H,42,43). The highest BCUT2D eigenvalue weighted by Gasteiger charge is 2.31. The number of rotatable bonds is 16. The minimum Gasteiger partial charge on any atom is -0.508 e. The summed E-state index contributed by atoms with van der Waals surface area (Å²) in [6.07, 6.45) is 2.25. The molecule has 0 aliphatic heterocycles. The Balaban J connectivity index is 1.84. The highest BCUT2D eigenvalue weighted by Crippen LogP contribution is 2.14. The Morgan fingerprint density at radius 3 is 1.55 bits per heavy atom. The molecule has 4 unspecified atom stereocenters. The zero-order valence-corrected chi connectivity index (χ0v) is 25.1. The third kappa shape index (κ3) is 10.9. The van der Waals surface area contributed by atoms with Gasteiger partial charge in [-0.1, -0.05) is 54.6 Å². The molecule has 11 nitrogen and oxygen atoms in total. The van der Waals surface area contributed by atoms with Gasteiger partial charge in [0, 0.05) is 12.8 Å². The van der Waals surface area contributed by atoms with Gasteiger partial charge in [-0.15, -0.1) is 0 Å². The molecule has 0 fully saturated rings. The van der Waals surface area contributed by atoms with Gasteiger partial charge in [0.25, 0.3) is 0 Å². The maximum atomic E-state index is 13.7. The van der Waals surface area contributed by atoms with Crippen LogP contribution in [0.1, 0.15) is 23.1 Å². The first-order chi connectivity index (χ1) is 21.0. The van der Waals surface area contributed by atoms with Crippen molar-refractivity contribution in [3.8, 4) is 11.5 Å². The molecule has 4 atom stereocenters. The van der Waals surface area contributed by atoms with Gasteiger partial charge in [-0.25, -0.2) is 4.79 Å². The number of hydrogen-bond acceptors (Lipinski definition) is 8. The molecule has 0 spiro atoms. The molecular weight excluding hydrogens is 584 g/mol. The van der Waals surface area contributed by atoms with Crippen LogP contribution in [0, 0.1) is 0 Å². The van der Waals surface area contributed by atoms with E-state index in [0.717, 1.165) is 5.56 Å². The molecule has 0 bridgehead atoms. The van der Waals surface area contributed by atoms with Crippen molar-refractivity contribution in [2.75, 3.05) is 12.0 Å². The highest BCUT2D eigenvalue weighted by atomic mass is 32.2. The number of carbonyl (C=O) groups excluding carboxylic acids is 3. The second-order valence-electron chi connectivity index (χ2n) is 10.3. The summed E-state index contributed by atoms with van der Waals surface area (Å²) in [6, 6.07) is 16.9. The molecule has 0 aromatic heterocycles. The molecule has 44 heavy (non-hydrogen) atoms. The van der Waals surface area contributed by atoms with Gasteiger partial charge in [0.05, 0.1) is 6.04 Å². The summed E-state index contributed by atoms with van der Waals surface area (Å²) >= 11 is 1.44. The fourth-order valence-corrected chi connectivity index (χ4v) is 4.90. The molecule has 3 aromatic rings. The van der Waals surface area contributed by atoms with Crippen molar-refractivity contribution in [2.24, 2.45) is 5.73 Å². The summed E-state index contributed by atoms with van der Waals surface area (Å²) in [4.78, 5) is 52.1. The van der Waals surface area contributed by atoms with Crippen molar-refractivity contribution in [1.82, 2.24) is 16.0 Å². The second-order valence-corrected chi connectivity index (χ2v) is 11.3. The van der Waals surface area contributed by atoms with Gasteiger partial charge in [-0.3, -0.25) is 14.4 Å². The van der Waals surface area contributed by atoms with Crippen LogP contribution in [-0.4, -0.2) is 75.2 Å². The van der Waals surface area contributed by atoms with E-state index in [1.165, 1.54) is 36.0 Å². The molecule has 3 amide bonds. The van der Waals surface area contributed by atoms with Gasteiger partial charge in [0.2, 0.25) is 17.7 Å². The van der Waals surface area contributed by atoms with Crippen molar-refractivity contribution < 1.29 is 34.5 Å². The third-order valence-corrected chi connectivity index (χ3v) is 7.52. The lowest BCUT2D eigenvalue weighted by Gasteiger charge is -2.25. The second kappa shape index (κ2) is 16.9. The first-order valence-electron chi connectivity index (χ1n) is 14.0. The molecular formula is C32H38N4O7S. The van der Waals surface area contributed by atoms with Crippen LogP contribution in [0.15, 0.2) is 78.9 Å².